The summed E-state index contributed by atoms with van der Waals surface area (Å²) in [5.41, 5.74) is 1.28. The van der Waals surface area contributed by atoms with Gasteiger partial charge in [-0.3, -0.25) is 0 Å². The molecule has 0 saturated carbocycles. The van der Waals surface area contributed by atoms with Gasteiger partial charge in [0.1, 0.15) is 5.82 Å². The Morgan fingerprint density at radius 2 is 1.50 bits per heavy atom. The zero-order valence-electron chi connectivity index (χ0n) is 11.3. The molecule has 90 valence electrons. The summed E-state index contributed by atoms with van der Waals surface area (Å²) in [4.78, 5) is 8.80. The van der Waals surface area contributed by atoms with Gasteiger partial charge in [-0.15, -0.1) is 0 Å². The molecule has 16 heavy (non-hydrogen) atoms. The van der Waals surface area contributed by atoms with Crippen molar-refractivity contribution in [1.29, 1.82) is 0 Å². The molecule has 0 spiro atoms. The molecule has 3 heteroatoms. The smallest absolute Gasteiger partial charge is 0.133 e. The fourth-order valence-electron chi connectivity index (χ4n) is 1.20. The van der Waals surface area contributed by atoms with Crippen LogP contribution in [-0.4, -0.2) is 15.5 Å². The summed E-state index contributed by atoms with van der Waals surface area (Å²) >= 11 is 0. The molecule has 0 unspecified atom stereocenters. The summed E-state index contributed by atoms with van der Waals surface area (Å²) in [6.07, 6.45) is 3.82. The van der Waals surface area contributed by atoms with Crippen molar-refractivity contribution in [3.8, 4) is 0 Å². The largest absolute Gasteiger partial charge is 0.308 e. The molecule has 1 N–H and O–H groups in total. The maximum atomic E-state index is 4.40. The maximum Gasteiger partial charge on any atom is 0.133 e. The normalized spacial score (nSPS) is 12.9. The molecule has 0 bridgehead atoms. The van der Waals surface area contributed by atoms with E-state index >= 15 is 0 Å². The molecular weight excluding hydrogens is 198 g/mol. The highest BCUT2D eigenvalue weighted by molar-refractivity contribution is 5.09. The van der Waals surface area contributed by atoms with Crippen LogP contribution in [0.15, 0.2) is 12.4 Å². The summed E-state index contributed by atoms with van der Waals surface area (Å²) in [7, 11) is 0. The lowest BCUT2D eigenvalue weighted by Crippen LogP contribution is -2.35. The van der Waals surface area contributed by atoms with Crippen LogP contribution >= 0.6 is 0 Å². The van der Waals surface area contributed by atoms with E-state index in [0.29, 0.717) is 0 Å². The second kappa shape index (κ2) is 4.50. The molecule has 0 saturated heterocycles. The monoisotopic (exact) mass is 221 g/mol. The summed E-state index contributed by atoms with van der Waals surface area (Å²) in [5.74, 6) is 0.895. The van der Waals surface area contributed by atoms with Crippen LogP contribution in [0, 0.1) is 0 Å². The second-order valence-corrected chi connectivity index (χ2v) is 6.27. The highest BCUT2D eigenvalue weighted by Gasteiger charge is 2.16. The highest BCUT2D eigenvalue weighted by atomic mass is 15.0. The van der Waals surface area contributed by atoms with E-state index < -0.39 is 0 Å². The van der Waals surface area contributed by atoms with Crippen LogP contribution in [0.25, 0.3) is 0 Å². The van der Waals surface area contributed by atoms with Gasteiger partial charge in [0.05, 0.1) is 0 Å². The minimum atomic E-state index is 0.0238. The molecule has 0 aliphatic heterocycles. The third-order valence-corrected chi connectivity index (χ3v) is 2.20. The Morgan fingerprint density at radius 3 is 1.88 bits per heavy atom. The molecule has 0 radical (unpaired) electrons. The number of hydrogen-bond acceptors (Lipinski definition) is 3. The van der Waals surface area contributed by atoms with E-state index in [4.69, 9.17) is 0 Å². The van der Waals surface area contributed by atoms with Gasteiger partial charge in [-0.2, -0.15) is 0 Å². The van der Waals surface area contributed by atoms with E-state index in [1.165, 1.54) is 0 Å². The number of nitrogens with zero attached hydrogens (tertiary/aromatic N) is 2. The van der Waals surface area contributed by atoms with Crippen molar-refractivity contribution in [3.05, 3.63) is 23.8 Å². The Labute approximate surface area is 98.7 Å². The number of aromatic nitrogens is 2. The van der Waals surface area contributed by atoms with Gasteiger partial charge in [-0.25, -0.2) is 9.97 Å². The van der Waals surface area contributed by atoms with Gasteiger partial charge in [-0.05, 0) is 20.8 Å². The zero-order chi connectivity index (χ0) is 12.4. The van der Waals surface area contributed by atoms with Gasteiger partial charge < -0.3 is 5.32 Å². The van der Waals surface area contributed by atoms with Crippen molar-refractivity contribution in [2.45, 2.75) is 59.0 Å². The first-order valence-electron chi connectivity index (χ1n) is 5.75. The number of hydrogen-bond donors (Lipinski definition) is 1. The van der Waals surface area contributed by atoms with Crippen LogP contribution in [0.2, 0.25) is 0 Å². The maximum absolute atomic E-state index is 4.40. The van der Waals surface area contributed by atoms with E-state index in [2.05, 4.69) is 56.8 Å². The number of rotatable bonds is 2. The first-order chi connectivity index (χ1) is 7.18. The van der Waals surface area contributed by atoms with Gasteiger partial charge in [0, 0.05) is 35.5 Å². The van der Waals surface area contributed by atoms with Gasteiger partial charge in [0.15, 0.2) is 0 Å². The van der Waals surface area contributed by atoms with Crippen LogP contribution in [0.5, 0.6) is 0 Å². The lowest BCUT2D eigenvalue weighted by atomic mass is 9.96. The molecule has 1 aromatic rings. The third kappa shape index (κ3) is 4.27. The molecule has 0 amide bonds. The topological polar surface area (TPSA) is 37.8 Å². The van der Waals surface area contributed by atoms with Crippen LogP contribution < -0.4 is 5.32 Å². The highest BCUT2D eigenvalue weighted by Crippen LogP contribution is 2.17. The van der Waals surface area contributed by atoms with Crippen molar-refractivity contribution in [2.75, 3.05) is 0 Å². The minimum Gasteiger partial charge on any atom is -0.308 e. The molecule has 0 aliphatic rings. The Hall–Kier alpha value is -0.960. The minimum absolute atomic E-state index is 0.0238. The average molecular weight is 221 g/mol. The Balaban J connectivity index is 2.66. The number of nitrogens with one attached hydrogen (secondary N) is 1. The van der Waals surface area contributed by atoms with Crippen LogP contribution in [0.1, 0.15) is 52.9 Å². The quantitative estimate of drug-likeness (QED) is 0.834. The molecule has 0 fully saturated rings. The van der Waals surface area contributed by atoms with E-state index in [1.54, 1.807) is 0 Å². The summed E-state index contributed by atoms with van der Waals surface area (Å²) in [6, 6.07) is 0. The Bertz CT molecular complexity index is 328. The van der Waals surface area contributed by atoms with E-state index in [-0.39, 0.29) is 11.0 Å². The molecule has 0 aromatic carbocycles. The van der Waals surface area contributed by atoms with E-state index in [1.807, 2.05) is 12.4 Å². The first-order valence-corrected chi connectivity index (χ1v) is 5.75. The van der Waals surface area contributed by atoms with Gasteiger partial charge in [-0.1, -0.05) is 20.8 Å². The fraction of sp³-hybridized carbons (Fsp3) is 0.692. The van der Waals surface area contributed by atoms with Crippen molar-refractivity contribution in [3.63, 3.8) is 0 Å². The van der Waals surface area contributed by atoms with Crippen LogP contribution in [0.4, 0.5) is 0 Å². The van der Waals surface area contributed by atoms with Crippen LogP contribution in [0.3, 0.4) is 0 Å². The molecule has 3 nitrogen and oxygen atoms in total. The van der Waals surface area contributed by atoms with Crippen LogP contribution in [-0.2, 0) is 12.0 Å². The fourth-order valence-corrected chi connectivity index (χ4v) is 1.20. The van der Waals surface area contributed by atoms with E-state index in [0.717, 1.165) is 17.9 Å². The summed E-state index contributed by atoms with van der Waals surface area (Å²) in [6.45, 7) is 13.6. The van der Waals surface area contributed by atoms with Gasteiger partial charge in [0.25, 0.3) is 0 Å². The lowest BCUT2D eigenvalue weighted by Gasteiger charge is -2.21. The average Bonchev–Trinajstić information content (AvgIpc) is 2.13. The van der Waals surface area contributed by atoms with Crippen molar-refractivity contribution in [1.82, 2.24) is 15.3 Å². The standard InChI is InChI=1S/C13H23N3/c1-12(2,3)11-14-7-10(8-15-11)9-16-13(4,5)6/h7-8,16H,9H2,1-6H3. The predicted octanol–water partition coefficient (Wildman–Crippen LogP) is 2.66. The van der Waals surface area contributed by atoms with Crippen molar-refractivity contribution >= 4 is 0 Å². The first kappa shape index (κ1) is 13.1. The molecule has 1 aromatic heterocycles. The van der Waals surface area contributed by atoms with Crippen molar-refractivity contribution in [2.24, 2.45) is 0 Å². The van der Waals surface area contributed by atoms with E-state index in [9.17, 15) is 0 Å². The Morgan fingerprint density at radius 1 is 1.00 bits per heavy atom. The summed E-state index contributed by atoms with van der Waals surface area (Å²) < 4.78 is 0. The Kier molecular flexibility index (Phi) is 3.68. The molecule has 0 aliphatic carbocycles. The predicted molar refractivity (Wildman–Crippen MR) is 67.3 cm³/mol. The van der Waals surface area contributed by atoms with Crippen molar-refractivity contribution < 1.29 is 0 Å². The zero-order valence-corrected chi connectivity index (χ0v) is 11.3. The molecule has 1 rings (SSSR count). The molecule has 1 heterocycles. The SMILES string of the molecule is CC(C)(C)NCc1cnc(C(C)(C)C)nc1. The molecule has 0 atom stereocenters. The van der Waals surface area contributed by atoms with Gasteiger partial charge >= 0.3 is 0 Å². The molecular formula is C13H23N3. The second-order valence-electron chi connectivity index (χ2n) is 6.27. The van der Waals surface area contributed by atoms with Gasteiger partial charge in [0.2, 0.25) is 0 Å². The summed E-state index contributed by atoms with van der Waals surface area (Å²) in [5, 5.41) is 3.42. The third-order valence-electron chi connectivity index (χ3n) is 2.20. The lowest BCUT2D eigenvalue weighted by molar-refractivity contribution is 0.423.